The molecule has 4 rings (SSSR count). The van der Waals surface area contributed by atoms with Gasteiger partial charge in [0, 0.05) is 25.4 Å². The molecule has 1 aliphatic heterocycles. The lowest BCUT2D eigenvalue weighted by molar-refractivity contribution is -0.130. The number of amides is 1. The molecule has 1 aromatic heterocycles. The summed E-state index contributed by atoms with van der Waals surface area (Å²) in [6.45, 7) is 1.09. The standard InChI is InChI=1S/C21H19N3O3/c25-20(19-12-17-4-1-2-5-18(17)21(26)27-19)22-13-15-6-8-16(9-7-15)14-24-11-3-10-23-24/h1-11,19H,12-14H2,(H,22,25)/t19-/m1/s1. The van der Waals surface area contributed by atoms with Crippen LogP contribution in [-0.4, -0.2) is 27.8 Å². The molecule has 6 nitrogen and oxygen atoms in total. The maximum absolute atomic E-state index is 12.4. The van der Waals surface area contributed by atoms with E-state index >= 15 is 0 Å². The number of ether oxygens (including phenoxy) is 1. The molecule has 0 bridgehead atoms. The molecule has 27 heavy (non-hydrogen) atoms. The second-order valence-electron chi connectivity index (χ2n) is 6.49. The highest BCUT2D eigenvalue weighted by Gasteiger charge is 2.30. The van der Waals surface area contributed by atoms with Crippen LogP contribution in [0, 0.1) is 0 Å². The van der Waals surface area contributed by atoms with Crippen LogP contribution < -0.4 is 5.32 Å². The zero-order valence-electron chi connectivity index (χ0n) is 14.7. The molecule has 1 aliphatic rings. The van der Waals surface area contributed by atoms with Crippen molar-refractivity contribution in [3.8, 4) is 0 Å². The second-order valence-corrected chi connectivity index (χ2v) is 6.49. The summed E-state index contributed by atoms with van der Waals surface area (Å²) in [5.74, 6) is -0.724. The monoisotopic (exact) mass is 361 g/mol. The van der Waals surface area contributed by atoms with E-state index < -0.39 is 12.1 Å². The van der Waals surface area contributed by atoms with Gasteiger partial charge in [-0.2, -0.15) is 5.10 Å². The molecule has 0 radical (unpaired) electrons. The van der Waals surface area contributed by atoms with Crippen LogP contribution in [-0.2, 0) is 29.0 Å². The first-order chi connectivity index (χ1) is 13.2. The number of hydrogen-bond donors (Lipinski definition) is 1. The molecule has 136 valence electrons. The Balaban J connectivity index is 1.33. The first-order valence-electron chi connectivity index (χ1n) is 8.81. The molecular formula is C21H19N3O3. The van der Waals surface area contributed by atoms with Crippen LogP contribution in [0.15, 0.2) is 67.0 Å². The Morgan fingerprint density at radius 3 is 2.67 bits per heavy atom. The lowest BCUT2D eigenvalue weighted by Gasteiger charge is -2.23. The number of nitrogens with zero attached hydrogens (tertiary/aromatic N) is 2. The minimum atomic E-state index is -0.786. The summed E-state index contributed by atoms with van der Waals surface area (Å²) in [4.78, 5) is 24.4. The summed E-state index contributed by atoms with van der Waals surface area (Å²) in [6, 6.07) is 17.1. The van der Waals surface area contributed by atoms with Crippen molar-refractivity contribution in [2.24, 2.45) is 0 Å². The van der Waals surface area contributed by atoms with Gasteiger partial charge in [0.2, 0.25) is 0 Å². The van der Waals surface area contributed by atoms with Crippen molar-refractivity contribution in [3.63, 3.8) is 0 Å². The zero-order valence-corrected chi connectivity index (χ0v) is 14.7. The molecule has 1 atom stereocenters. The minimum Gasteiger partial charge on any atom is -0.448 e. The molecule has 6 heteroatoms. The van der Waals surface area contributed by atoms with E-state index in [1.165, 1.54) is 0 Å². The van der Waals surface area contributed by atoms with Crippen molar-refractivity contribution in [2.75, 3.05) is 0 Å². The van der Waals surface area contributed by atoms with Crippen molar-refractivity contribution in [1.29, 1.82) is 0 Å². The van der Waals surface area contributed by atoms with Crippen molar-refractivity contribution in [2.45, 2.75) is 25.6 Å². The van der Waals surface area contributed by atoms with Crippen LogP contribution in [0.1, 0.15) is 27.0 Å². The van der Waals surface area contributed by atoms with Crippen molar-refractivity contribution in [3.05, 3.63) is 89.2 Å². The molecule has 2 heterocycles. The lowest BCUT2D eigenvalue weighted by Crippen LogP contribution is -2.41. The van der Waals surface area contributed by atoms with Crippen LogP contribution in [0.3, 0.4) is 0 Å². The number of fused-ring (bicyclic) bond motifs is 1. The first kappa shape index (κ1) is 17.0. The van der Waals surface area contributed by atoms with Gasteiger partial charge < -0.3 is 10.1 Å². The predicted octanol–water partition coefficient (Wildman–Crippen LogP) is 2.33. The number of benzene rings is 2. The number of cyclic esters (lactones) is 1. The Bertz CT molecular complexity index is 949. The molecule has 0 aliphatic carbocycles. The summed E-state index contributed by atoms with van der Waals surface area (Å²) < 4.78 is 7.13. The molecule has 1 amide bonds. The average Bonchev–Trinajstić information content (AvgIpc) is 3.20. The van der Waals surface area contributed by atoms with Gasteiger partial charge in [0.05, 0.1) is 12.1 Å². The summed E-state index contributed by atoms with van der Waals surface area (Å²) in [5, 5.41) is 7.04. The molecule has 2 aromatic carbocycles. The fourth-order valence-electron chi connectivity index (χ4n) is 3.12. The summed E-state index contributed by atoms with van der Waals surface area (Å²) in [6.07, 6.45) is 3.28. The summed E-state index contributed by atoms with van der Waals surface area (Å²) in [7, 11) is 0. The number of aromatic nitrogens is 2. The van der Waals surface area contributed by atoms with Gasteiger partial charge in [-0.05, 0) is 28.8 Å². The third-order valence-corrected chi connectivity index (χ3v) is 4.58. The van der Waals surface area contributed by atoms with Crippen LogP contribution in [0.2, 0.25) is 0 Å². The highest BCUT2D eigenvalue weighted by atomic mass is 16.5. The second kappa shape index (κ2) is 7.45. The largest absolute Gasteiger partial charge is 0.448 e. The highest BCUT2D eigenvalue weighted by Crippen LogP contribution is 2.20. The fraction of sp³-hybridized carbons (Fsp3) is 0.190. The zero-order chi connectivity index (χ0) is 18.6. The van der Waals surface area contributed by atoms with E-state index in [1.807, 2.05) is 53.3 Å². The Labute approximate surface area is 156 Å². The fourth-order valence-corrected chi connectivity index (χ4v) is 3.12. The molecule has 1 N–H and O–H groups in total. The maximum atomic E-state index is 12.4. The van der Waals surface area contributed by atoms with Crippen LogP contribution in [0.4, 0.5) is 0 Å². The Morgan fingerprint density at radius 1 is 1.11 bits per heavy atom. The van der Waals surface area contributed by atoms with E-state index in [0.717, 1.165) is 16.7 Å². The molecule has 3 aromatic rings. The minimum absolute atomic E-state index is 0.279. The molecule has 0 saturated carbocycles. The normalized spacial score (nSPS) is 15.7. The molecule has 0 unspecified atom stereocenters. The topological polar surface area (TPSA) is 73.2 Å². The van der Waals surface area contributed by atoms with E-state index in [1.54, 1.807) is 18.3 Å². The number of rotatable bonds is 5. The Hall–Kier alpha value is -3.41. The van der Waals surface area contributed by atoms with E-state index in [-0.39, 0.29) is 5.91 Å². The smallest absolute Gasteiger partial charge is 0.339 e. The van der Waals surface area contributed by atoms with Gasteiger partial charge in [0.15, 0.2) is 6.10 Å². The van der Waals surface area contributed by atoms with E-state index in [0.29, 0.717) is 25.1 Å². The maximum Gasteiger partial charge on any atom is 0.339 e. The van der Waals surface area contributed by atoms with Gasteiger partial charge in [-0.3, -0.25) is 9.48 Å². The number of carbonyl (C=O) groups is 2. The summed E-state index contributed by atoms with van der Waals surface area (Å²) >= 11 is 0. The van der Waals surface area contributed by atoms with E-state index in [9.17, 15) is 9.59 Å². The summed E-state index contributed by atoms with van der Waals surface area (Å²) in [5.41, 5.74) is 3.49. The SMILES string of the molecule is O=C1O[C@@H](C(=O)NCc2ccc(Cn3cccn3)cc2)Cc2ccccc21. The van der Waals surface area contributed by atoms with Crippen LogP contribution in [0.5, 0.6) is 0 Å². The van der Waals surface area contributed by atoms with Crippen molar-refractivity contribution < 1.29 is 14.3 Å². The predicted molar refractivity (Wildman–Crippen MR) is 99.0 cm³/mol. The van der Waals surface area contributed by atoms with Gasteiger partial charge in [0.1, 0.15) is 0 Å². The Morgan fingerprint density at radius 2 is 1.89 bits per heavy atom. The lowest BCUT2D eigenvalue weighted by atomic mass is 9.98. The van der Waals surface area contributed by atoms with Crippen molar-refractivity contribution >= 4 is 11.9 Å². The van der Waals surface area contributed by atoms with Gasteiger partial charge in [-0.15, -0.1) is 0 Å². The highest BCUT2D eigenvalue weighted by molar-refractivity contribution is 5.95. The molecule has 0 spiro atoms. The van der Waals surface area contributed by atoms with Gasteiger partial charge in [-0.25, -0.2) is 4.79 Å². The van der Waals surface area contributed by atoms with Gasteiger partial charge >= 0.3 is 5.97 Å². The number of hydrogen-bond acceptors (Lipinski definition) is 4. The third kappa shape index (κ3) is 3.89. The molecular weight excluding hydrogens is 342 g/mol. The number of nitrogens with one attached hydrogen (secondary N) is 1. The van der Waals surface area contributed by atoms with Crippen LogP contribution >= 0.6 is 0 Å². The third-order valence-electron chi connectivity index (χ3n) is 4.58. The van der Waals surface area contributed by atoms with E-state index in [2.05, 4.69) is 10.4 Å². The van der Waals surface area contributed by atoms with Crippen molar-refractivity contribution in [1.82, 2.24) is 15.1 Å². The van der Waals surface area contributed by atoms with Crippen LogP contribution in [0.25, 0.3) is 0 Å². The quantitative estimate of drug-likeness (QED) is 0.708. The molecule has 0 fully saturated rings. The van der Waals surface area contributed by atoms with Gasteiger partial charge in [0.25, 0.3) is 5.91 Å². The number of carbonyl (C=O) groups excluding carboxylic acids is 2. The van der Waals surface area contributed by atoms with Gasteiger partial charge in [-0.1, -0.05) is 42.5 Å². The Kier molecular flexibility index (Phi) is 4.70. The number of esters is 1. The molecule has 0 saturated heterocycles. The first-order valence-corrected chi connectivity index (χ1v) is 8.81. The average molecular weight is 361 g/mol. The van der Waals surface area contributed by atoms with E-state index in [4.69, 9.17) is 4.74 Å².